The minimum Gasteiger partial charge on any atom is -0.201 e. The van der Waals surface area contributed by atoms with Crippen LogP contribution in [0.1, 0.15) is 217 Å². The van der Waals surface area contributed by atoms with Crippen LogP contribution in [0.25, 0.3) is 89.5 Å². The Hall–Kier alpha value is -9.64. The number of aryl methyl sites for hydroxylation is 10. The van der Waals surface area contributed by atoms with E-state index in [-0.39, 0.29) is 22.3 Å². The Labute approximate surface area is 659 Å². The molecule has 12 aromatic rings. The number of aromatic nitrogens is 4. The second kappa shape index (κ2) is 34.5. The molecule has 0 spiro atoms. The normalized spacial score (nSPS) is 15.9. The predicted molar refractivity (Wildman–Crippen MR) is 450 cm³/mol. The van der Waals surface area contributed by atoms with Gasteiger partial charge < -0.3 is 0 Å². The third-order valence-electron chi connectivity index (χ3n) is 19.1. The second-order valence-corrected chi connectivity index (χ2v) is 30.9. The SMILES string of the molecule is Cc1ccccc1-c1cc(-c2cc(C(C)C)cc(C(C)C)c2)cc[n+]1C.[2H]C([2H])([2H])C([2H])(C)c1cc(-c2cc[n+](C)c(-c3ccccc3C)c2)cc(C([2H])(C)C([2H])([2H])[2H])c1.[2H]C([2H])([2H])c1cc(-c2cc[n+](C)c(-c3ccccc3C)c2)cc(C([2H])([2H])[2H])c1C.[2H]C([2H])(c1cc(-c2cc[n+](C)c(-c3ccccc3C)c2)cc(C([2H])([2H])C(C)(C)C)c1)C(C)(C)C. The van der Waals surface area contributed by atoms with Crippen molar-refractivity contribution in [2.45, 2.75) is 181 Å². The Balaban J connectivity index is 0.000000187. The van der Waals surface area contributed by atoms with E-state index in [1.807, 2.05) is 207 Å². The molecule has 4 heterocycles. The highest BCUT2D eigenvalue weighted by Crippen LogP contribution is 2.37. The summed E-state index contributed by atoms with van der Waals surface area (Å²) in [5, 5.41) is 0. The van der Waals surface area contributed by atoms with Gasteiger partial charge in [0.1, 0.15) is 28.2 Å². The molecular formula is C101H122N4+4. The second-order valence-electron chi connectivity index (χ2n) is 30.9. The minimum absolute atomic E-state index is 0.0757. The molecule has 0 saturated heterocycles. The third-order valence-corrected chi connectivity index (χ3v) is 19.1. The molecule has 8 aromatic carbocycles. The van der Waals surface area contributed by atoms with Gasteiger partial charge in [-0.2, -0.15) is 0 Å². The molecule has 4 heteroatoms. The van der Waals surface area contributed by atoms with E-state index in [9.17, 15) is 0 Å². The molecule has 0 bridgehead atoms. The fourth-order valence-electron chi connectivity index (χ4n) is 12.9. The van der Waals surface area contributed by atoms with Crippen molar-refractivity contribution in [1.29, 1.82) is 0 Å². The van der Waals surface area contributed by atoms with Crippen molar-refractivity contribution in [3.63, 3.8) is 0 Å². The quantitative estimate of drug-likeness (QED) is 0.0965. The van der Waals surface area contributed by atoms with Crippen LogP contribution in [0.2, 0.25) is 0 Å². The largest absolute Gasteiger partial charge is 0.213 e. The van der Waals surface area contributed by atoms with E-state index < -0.39 is 62.8 Å². The van der Waals surface area contributed by atoms with Crippen LogP contribution in [0.4, 0.5) is 0 Å². The Kier molecular flexibility index (Phi) is 19.0. The topological polar surface area (TPSA) is 15.5 Å². The van der Waals surface area contributed by atoms with Gasteiger partial charge >= 0.3 is 0 Å². The Morgan fingerprint density at radius 2 is 0.581 bits per heavy atom. The first kappa shape index (κ1) is 57.6. The summed E-state index contributed by atoms with van der Waals surface area (Å²) >= 11 is 0. The van der Waals surface area contributed by atoms with Crippen molar-refractivity contribution in [3.05, 3.63) is 309 Å². The van der Waals surface area contributed by atoms with E-state index in [0.717, 1.165) is 67.2 Å². The third kappa shape index (κ3) is 20.9. The van der Waals surface area contributed by atoms with Gasteiger partial charge in [0.15, 0.2) is 24.8 Å². The lowest BCUT2D eigenvalue weighted by molar-refractivity contribution is -0.660. The van der Waals surface area contributed by atoms with Gasteiger partial charge in [-0.05, 0) is 237 Å². The van der Waals surface area contributed by atoms with Gasteiger partial charge in [-0.25, -0.2) is 18.3 Å². The maximum atomic E-state index is 8.91. The fourth-order valence-corrected chi connectivity index (χ4v) is 12.9. The molecule has 2 unspecified atom stereocenters. The summed E-state index contributed by atoms with van der Waals surface area (Å²) in [5.41, 5.74) is 23.7. The van der Waals surface area contributed by atoms with E-state index in [0.29, 0.717) is 39.7 Å². The average molecular weight is 1410 g/mol. The van der Waals surface area contributed by atoms with Gasteiger partial charge in [-0.15, -0.1) is 0 Å². The van der Waals surface area contributed by atoms with Crippen LogP contribution >= 0.6 is 0 Å². The monoisotopic (exact) mass is 1410 g/mol. The van der Waals surface area contributed by atoms with Crippen LogP contribution < -0.4 is 18.3 Å². The van der Waals surface area contributed by atoms with E-state index in [4.69, 9.17) is 24.7 Å². The number of hydrogen-bond acceptors (Lipinski definition) is 0. The van der Waals surface area contributed by atoms with Gasteiger partial charge in [0.25, 0.3) is 0 Å². The van der Waals surface area contributed by atoms with Crippen molar-refractivity contribution < 1.29 is 42.9 Å². The Bertz CT molecular complexity index is 5470. The molecule has 105 heavy (non-hydrogen) atoms. The lowest BCUT2D eigenvalue weighted by atomic mass is 9.83. The first-order valence-corrected chi connectivity index (χ1v) is 36.6. The van der Waals surface area contributed by atoms with E-state index in [1.54, 1.807) is 37.3 Å². The number of hydrogen-bond donors (Lipinski definition) is 0. The predicted octanol–water partition coefficient (Wildman–Crippen LogP) is 25.2. The Morgan fingerprint density at radius 3 is 0.848 bits per heavy atom. The number of benzene rings is 8. The summed E-state index contributed by atoms with van der Waals surface area (Å²) in [6.07, 6.45) is 4.71. The van der Waals surface area contributed by atoms with Crippen LogP contribution in [-0.2, 0) is 40.9 Å². The minimum atomic E-state index is -2.64. The van der Waals surface area contributed by atoms with E-state index in [1.165, 1.54) is 64.6 Å². The molecule has 0 fully saturated rings. The maximum absolute atomic E-state index is 8.91. The molecule has 0 aliphatic rings. The molecule has 0 amide bonds. The zero-order valence-corrected chi connectivity index (χ0v) is 66.0. The molecule has 12 rings (SSSR count). The molecule has 0 N–H and O–H groups in total. The molecule has 542 valence electrons. The molecule has 0 radical (unpaired) electrons. The molecular weight excluding hydrogens is 1270 g/mol. The summed E-state index contributed by atoms with van der Waals surface area (Å²) < 4.78 is 156. The first-order chi connectivity index (χ1) is 56.7. The zero-order chi connectivity index (χ0) is 91.8. The molecule has 0 aliphatic heterocycles. The first-order valence-electron chi connectivity index (χ1n) is 45.6. The van der Waals surface area contributed by atoms with Gasteiger partial charge in [0.05, 0.1) is 0 Å². The fraction of sp³-hybridized carbons (Fsp3) is 0.327. The van der Waals surface area contributed by atoms with Gasteiger partial charge in [-0.3, -0.25) is 0 Å². The van der Waals surface area contributed by atoms with Crippen LogP contribution in [0.3, 0.4) is 0 Å². The number of pyridine rings is 4. The van der Waals surface area contributed by atoms with Crippen LogP contribution in [0.5, 0.6) is 0 Å². The number of nitrogens with zero attached hydrogens (tertiary/aromatic N) is 4. The molecule has 4 aromatic heterocycles. The summed E-state index contributed by atoms with van der Waals surface area (Å²) in [6, 6.07) is 69.6. The zero-order valence-electron chi connectivity index (χ0n) is 84.0. The smallest absolute Gasteiger partial charge is 0.201 e. The van der Waals surface area contributed by atoms with Crippen molar-refractivity contribution in [1.82, 2.24) is 0 Å². The Morgan fingerprint density at radius 1 is 0.314 bits per heavy atom. The van der Waals surface area contributed by atoms with Crippen molar-refractivity contribution in [3.8, 4) is 89.5 Å². The summed E-state index contributed by atoms with van der Waals surface area (Å²) in [6.45, 7) is 22.8. The van der Waals surface area contributed by atoms with Crippen LogP contribution in [0.15, 0.2) is 237 Å². The average Bonchev–Trinajstić information content (AvgIpc) is 0.759. The lowest BCUT2D eigenvalue weighted by Gasteiger charge is -2.22. The summed E-state index contributed by atoms with van der Waals surface area (Å²) in [5.74, 6) is -2.91. The molecule has 0 aliphatic carbocycles. The molecule has 0 saturated carbocycles. The highest BCUT2D eigenvalue weighted by Gasteiger charge is 2.22. The van der Waals surface area contributed by atoms with Crippen LogP contribution in [-0.4, -0.2) is 0 Å². The van der Waals surface area contributed by atoms with Gasteiger partial charge in [-0.1, -0.05) is 236 Å². The van der Waals surface area contributed by atoms with Crippen molar-refractivity contribution >= 4 is 0 Å². The maximum Gasteiger partial charge on any atom is 0.213 e. The van der Waals surface area contributed by atoms with E-state index >= 15 is 0 Å². The standard InChI is InChI=1S/C29H38N.2C25H30N.C22H24N/c1-21-11-9-10-12-26(21)27-18-24(13-14-30(27)8)25-16-22(19-28(2,3)4)15-23(17-25)20-29(5,6)7;2*1-17(2)21-13-22(18(3)4)15-23(14-21)20-11-12-26(6)25(16-20)24-10-8-7-9-19(24)5;1-15-8-6-7-9-21(15)22-14-19(10-11-23(22)5)20-12-16(2)18(4)17(3)13-20/h9-18H,19-20H2,1-8H3;2*7-18H,1-6H3;6-14H,1-5H3/q4*+1/i19D2,20D2;1D3,3D3,17D,18D;;2D3,3D3. The number of rotatable bonds is 14. The highest BCUT2D eigenvalue weighted by molar-refractivity contribution is 5.75. The van der Waals surface area contributed by atoms with Crippen molar-refractivity contribution in [2.75, 3.05) is 0 Å². The summed E-state index contributed by atoms with van der Waals surface area (Å²) in [4.78, 5) is 0. The summed E-state index contributed by atoms with van der Waals surface area (Å²) in [7, 11) is 8.01. The lowest BCUT2D eigenvalue weighted by Crippen LogP contribution is -2.30. The van der Waals surface area contributed by atoms with Crippen molar-refractivity contribution in [2.24, 2.45) is 39.0 Å². The van der Waals surface area contributed by atoms with E-state index in [2.05, 4.69) is 137 Å². The molecule has 2 atom stereocenters. The van der Waals surface area contributed by atoms with Gasteiger partial charge in [0.2, 0.25) is 22.8 Å². The highest BCUT2D eigenvalue weighted by atomic mass is 14.9. The molecule has 4 nitrogen and oxygen atoms in total. The van der Waals surface area contributed by atoms with Gasteiger partial charge in [0, 0.05) is 95.5 Å². The van der Waals surface area contributed by atoms with Crippen LogP contribution in [0, 0.1) is 59.2 Å².